The Balaban J connectivity index is 0.000000228. The second-order valence-electron chi connectivity index (χ2n) is 3.70. The fourth-order valence-corrected chi connectivity index (χ4v) is 1.45. The van der Waals surface area contributed by atoms with Gasteiger partial charge in [-0.15, -0.1) is 0 Å². The lowest BCUT2D eigenvalue weighted by Gasteiger charge is -2.05. The first-order valence-corrected chi connectivity index (χ1v) is 7.27. The lowest BCUT2D eigenvalue weighted by atomic mass is 10.0. The van der Waals surface area contributed by atoms with Crippen molar-refractivity contribution in [2.45, 2.75) is 41.8 Å². The van der Waals surface area contributed by atoms with Gasteiger partial charge in [-0.25, -0.2) is 0 Å². The highest BCUT2D eigenvalue weighted by molar-refractivity contribution is 6.83. The summed E-state index contributed by atoms with van der Waals surface area (Å²) < 4.78 is -1.61. The summed E-state index contributed by atoms with van der Waals surface area (Å²) in [4.78, 5) is 0. The molecule has 0 aromatic heterocycles. The third-order valence-electron chi connectivity index (χ3n) is 2.17. The first kappa shape index (κ1) is 17.4. The molecule has 1 fully saturated rings. The number of benzene rings is 1. The molecule has 0 N–H and O–H groups in total. The van der Waals surface area contributed by atoms with Crippen LogP contribution in [0.1, 0.15) is 38.5 Å². The molecule has 98 valence electrons. The van der Waals surface area contributed by atoms with E-state index in [9.17, 15) is 0 Å². The third-order valence-corrected chi connectivity index (χ3v) is 2.17. The number of hydrogen-bond donors (Lipinski definition) is 0. The lowest BCUT2D eigenvalue weighted by molar-refractivity contribution is 0.504. The van der Waals surface area contributed by atoms with Crippen molar-refractivity contribution in [1.29, 1.82) is 0 Å². The fourth-order valence-electron chi connectivity index (χ4n) is 1.45. The van der Waals surface area contributed by atoms with Crippen molar-refractivity contribution >= 4 is 46.4 Å². The van der Waals surface area contributed by atoms with Crippen molar-refractivity contribution in [3.8, 4) is 0 Å². The second kappa shape index (κ2) is 11.5. The molecule has 0 spiro atoms. The predicted molar refractivity (Wildman–Crippen MR) is 80.3 cm³/mol. The molecule has 4 heteroatoms. The minimum Gasteiger partial charge on any atom is -0.0664 e. The van der Waals surface area contributed by atoms with Crippen LogP contribution in [0.5, 0.6) is 0 Å². The lowest BCUT2D eigenvalue weighted by Crippen LogP contribution is -1.85. The van der Waals surface area contributed by atoms with Crippen molar-refractivity contribution in [1.82, 2.24) is 0 Å². The van der Waals surface area contributed by atoms with Gasteiger partial charge in [-0.3, -0.25) is 0 Å². The first-order valence-electron chi connectivity index (χ1n) is 5.76. The molecule has 0 aliphatic heterocycles. The summed E-state index contributed by atoms with van der Waals surface area (Å²) in [5, 5.41) is 0. The zero-order valence-electron chi connectivity index (χ0n) is 9.72. The van der Waals surface area contributed by atoms with E-state index in [1.54, 1.807) is 0 Å². The summed E-state index contributed by atoms with van der Waals surface area (Å²) in [5.74, 6) is 0. The van der Waals surface area contributed by atoms with Crippen molar-refractivity contribution in [3.05, 3.63) is 36.4 Å². The molecule has 0 atom stereocenters. The number of hydrogen-bond acceptors (Lipinski definition) is 0. The Kier molecular flexibility index (Phi) is 11.7. The maximum Gasteiger partial charge on any atom is 0.266 e. The Hall–Kier alpha value is 0.380. The van der Waals surface area contributed by atoms with Crippen LogP contribution in [0.2, 0.25) is 0 Å². The normalized spacial score (nSPS) is 14.8. The van der Waals surface area contributed by atoms with Gasteiger partial charge in [0, 0.05) is 0 Å². The van der Waals surface area contributed by atoms with Gasteiger partial charge in [-0.1, -0.05) is 121 Å². The predicted octanol–water partition coefficient (Wildman–Crippen LogP) is 6.58. The summed E-state index contributed by atoms with van der Waals surface area (Å²) in [5.41, 5.74) is 0. The number of rotatable bonds is 0. The minimum absolute atomic E-state index is 1.50. The zero-order valence-corrected chi connectivity index (χ0v) is 12.7. The summed E-state index contributed by atoms with van der Waals surface area (Å²) in [6.45, 7) is 0. The van der Waals surface area contributed by atoms with Crippen molar-refractivity contribution in [2.24, 2.45) is 0 Å². The summed E-state index contributed by atoms with van der Waals surface area (Å²) in [6.07, 6.45) is 9.00. The summed E-state index contributed by atoms with van der Waals surface area (Å²) in [7, 11) is 0. The van der Waals surface area contributed by atoms with E-state index in [1.165, 1.54) is 38.5 Å². The van der Waals surface area contributed by atoms with Crippen LogP contribution in [0, 0.1) is 0 Å². The number of halogens is 4. The molecule has 1 aromatic rings. The van der Waals surface area contributed by atoms with Gasteiger partial charge in [0.1, 0.15) is 0 Å². The van der Waals surface area contributed by atoms with Crippen LogP contribution < -0.4 is 0 Å². The monoisotopic (exact) mass is 314 g/mol. The van der Waals surface area contributed by atoms with Crippen LogP contribution in [0.3, 0.4) is 0 Å². The largest absolute Gasteiger partial charge is 0.266 e. The van der Waals surface area contributed by atoms with Gasteiger partial charge >= 0.3 is 0 Å². The topological polar surface area (TPSA) is 0 Å². The minimum atomic E-state index is -1.61. The van der Waals surface area contributed by atoms with Crippen molar-refractivity contribution < 1.29 is 0 Å². The van der Waals surface area contributed by atoms with Crippen LogP contribution in [-0.4, -0.2) is 3.25 Å². The molecule has 0 bridgehead atoms. The quantitative estimate of drug-likeness (QED) is 0.474. The maximum absolute atomic E-state index is 4.83. The molecule has 2 rings (SSSR count). The average molecular weight is 316 g/mol. The molecule has 0 heterocycles. The highest BCUT2D eigenvalue weighted by Crippen LogP contribution is 2.29. The molecule has 1 saturated carbocycles. The zero-order chi connectivity index (χ0) is 13.0. The molecule has 0 unspecified atom stereocenters. The molecule has 1 aliphatic carbocycles. The van der Waals surface area contributed by atoms with Gasteiger partial charge in [-0.2, -0.15) is 0 Å². The summed E-state index contributed by atoms with van der Waals surface area (Å²) >= 11 is 19.3. The molecule has 1 aromatic carbocycles. The van der Waals surface area contributed by atoms with E-state index in [-0.39, 0.29) is 0 Å². The Morgan fingerprint density at radius 1 is 0.471 bits per heavy atom. The molecular weight excluding hydrogens is 298 g/mol. The van der Waals surface area contributed by atoms with Gasteiger partial charge in [0.15, 0.2) is 0 Å². The first-order chi connectivity index (χ1) is 8.00. The Labute approximate surface area is 124 Å². The van der Waals surface area contributed by atoms with Crippen LogP contribution in [0.25, 0.3) is 0 Å². The van der Waals surface area contributed by atoms with Crippen molar-refractivity contribution in [2.75, 3.05) is 0 Å². The average Bonchev–Trinajstić information content (AvgIpc) is 2.32. The van der Waals surface area contributed by atoms with E-state index in [0.717, 1.165) is 0 Å². The molecule has 0 amide bonds. The SMILES string of the molecule is C1CCCCC1.ClC(Cl)(Cl)Cl.c1ccccc1. The number of alkyl halides is 4. The van der Waals surface area contributed by atoms with Gasteiger partial charge in [0.2, 0.25) is 0 Å². The summed E-state index contributed by atoms with van der Waals surface area (Å²) in [6, 6.07) is 12.0. The van der Waals surface area contributed by atoms with E-state index >= 15 is 0 Å². The Morgan fingerprint density at radius 3 is 0.706 bits per heavy atom. The van der Waals surface area contributed by atoms with Gasteiger partial charge in [0.05, 0.1) is 0 Å². The smallest absolute Gasteiger partial charge is 0.0664 e. The maximum atomic E-state index is 4.83. The third kappa shape index (κ3) is 22.1. The Bertz CT molecular complexity index is 195. The van der Waals surface area contributed by atoms with Crippen LogP contribution in [0.4, 0.5) is 0 Å². The van der Waals surface area contributed by atoms with E-state index in [2.05, 4.69) is 0 Å². The van der Waals surface area contributed by atoms with Gasteiger partial charge in [-0.05, 0) is 0 Å². The van der Waals surface area contributed by atoms with E-state index in [4.69, 9.17) is 46.4 Å². The van der Waals surface area contributed by atoms with Gasteiger partial charge in [0.25, 0.3) is 3.25 Å². The second-order valence-corrected chi connectivity index (χ2v) is 7.13. The molecular formula is C13H18Cl4. The van der Waals surface area contributed by atoms with Crippen LogP contribution >= 0.6 is 46.4 Å². The standard InChI is InChI=1S/C6H12.C6H6.CCl4/c2*1-2-4-6-5-3-1;2-1(3,4)5/h1-6H2;1-6H;. The van der Waals surface area contributed by atoms with E-state index < -0.39 is 3.25 Å². The molecule has 0 nitrogen and oxygen atoms in total. The molecule has 1 aliphatic rings. The van der Waals surface area contributed by atoms with Gasteiger partial charge < -0.3 is 0 Å². The fraction of sp³-hybridized carbons (Fsp3) is 0.538. The molecule has 0 radical (unpaired) electrons. The van der Waals surface area contributed by atoms with Crippen LogP contribution in [0.15, 0.2) is 36.4 Å². The van der Waals surface area contributed by atoms with E-state index in [1.807, 2.05) is 36.4 Å². The Morgan fingerprint density at radius 2 is 0.588 bits per heavy atom. The van der Waals surface area contributed by atoms with Crippen molar-refractivity contribution in [3.63, 3.8) is 0 Å². The molecule has 17 heavy (non-hydrogen) atoms. The van der Waals surface area contributed by atoms with E-state index in [0.29, 0.717) is 0 Å². The van der Waals surface area contributed by atoms with Crippen LogP contribution in [-0.2, 0) is 0 Å². The highest BCUT2D eigenvalue weighted by atomic mass is 35.6. The molecule has 0 saturated heterocycles. The highest BCUT2D eigenvalue weighted by Gasteiger charge is 2.11.